The third-order valence-electron chi connectivity index (χ3n) is 5.83. The van der Waals surface area contributed by atoms with Gasteiger partial charge in [-0.2, -0.15) is 8.42 Å². The fraction of sp³-hybridized carbons (Fsp3) is 0.182. The minimum absolute atomic E-state index is 0.0820. The summed E-state index contributed by atoms with van der Waals surface area (Å²) in [6, 6.07) is 15.9. The molecule has 0 amide bonds. The number of anilines is 2. The largest absolute Gasteiger partial charge is 0.327 e. The van der Waals surface area contributed by atoms with Gasteiger partial charge in [0.25, 0.3) is 11.4 Å². The van der Waals surface area contributed by atoms with Crippen LogP contribution >= 0.6 is 0 Å². The SMILES string of the molecule is Cc1c(CN2c3ccccc3N(Cc3cccc([N+](=O)[O-])c3C)S2(=O)=O)cccc1[N+](=O)[O-]. The van der Waals surface area contributed by atoms with E-state index in [9.17, 15) is 28.6 Å². The summed E-state index contributed by atoms with van der Waals surface area (Å²) < 4.78 is 29.6. The van der Waals surface area contributed by atoms with Crippen molar-refractivity contribution in [3.05, 3.63) is 103 Å². The smallest absolute Gasteiger partial charge is 0.258 e. The van der Waals surface area contributed by atoms with Crippen molar-refractivity contribution in [1.82, 2.24) is 0 Å². The lowest BCUT2D eigenvalue weighted by molar-refractivity contribution is -0.385. The molecule has 0 saturated heterocycles. The number of nitro benzene ring substituents is 2. The van der Waals surface area contributed by atoms with Crippen LogP contribution < -0.4 is 8.61 Å². The quantitative estimate of drug-likeness (QED) is 0.390. The van der Waals surface area contributed by atoms with Crippen molar-refractivity contribution in [3.63, 3.8) is 0 Å². The van der Waals surface area contributed by atoms with Gasteiger partial charge in [-0.1, -0.05) is 36.4 Å². The summed E-state index contributed by atoms with van der Waals surface area (Å²) >= 11 is 0. The first-order valence-electron chi connectivity index (χ1n) is 9.98. The molecule has 1 heterocycles. The number of nitro groups is 2. The van der Waals surface area contributed by atoms with E-state index in [1.165, 1.54) is 32.9 Å². The number of fused-ring (bicyclic) bond motifs is 1. The Morgan fingerprint density at radius 1 is 0.697 bits per heavy atom. The van der Waals surface area contributed by atoms with Crippen molar-refractivity contribution >= 4 is 33.0 Å². The van der Waals surface area contributed by atoms with Crippen molar-refractivity contribution in [2.75, 3.05) is 8.61 Å². The van der Waals surface area contributed by atoms with E-state index >= 15 is 0 Å². The number of benzene rings is 3. The van der Waals surface area contributed by atoms with Crippen molar-refractivity contribution in [3.8, 4) is 0 Å². The van der Waals surface area contributed by atoms with Crippen LogP contribution in [0.3, 0.4) is 0 Å². The number of rotatable bonds is 6. The summed E-state index contributed by atoms with van der Waals surface area (Å²) in [5.74, 6) is 0. The van der Waals surface area contributed by atoms with E-state index in [1.807, 2.05) is 0 Å². The van der Waals surface area contributed by atoms with Crippen LogP contribution in [-0.4, -0.2) is 18.3 Å². The molecular formula is C22H20N4O6S. The summed E-state index contributed by atoms with van der Waals surface area (Å²) in [6.07, 6.45) is 0. The van der Waals surface area contributed by atoms with Crippen LogP contribution in [0, 0.1) is 34.1 Å². The van der Waals surface area contributed by atoms with E-state index in [-0.39, 0.29) is 24.5 Å². The normalized spacial score (nSPS) is 14.2. The lowest BCUT2D eigenvalue weighted by Crippen LogP contribution is -2.37. The molecule has 33 heavy (non-hydrogen) atoms. The van der Waals surface area contributed by atoms with Gasteiger partial charge in [0.2, 0.25) is 0 Å². The zero-order valence-electron chi connectivity index (χ0n) is 17.8. The molecule has 3 aromatic rings. The van der Waals surface area contributed by atoms with Gasteiger partial charge >= 0.3 is 10.2 Å². The molecule has 0 unspecified atom stereocenters. The van der Waals surface area contributed by atoms with E-state index in [1.54, 1.807) is 50.2 Å². The maximum Gasteiger partial charge on any atom is 0.327 e. The molecule has 0 saturated carbocycles. The molecule has 0 spiro atoms. The second kappa shape index (κ2) is 8.17. The Balaban J connectivity index is 1.76. The second-order valence-electron chi connectivity index (χ2n) is 7.65. The number of para-hydroxylation sites is 2. The predicted octanol–water partition coefficient (Wildman–Crippen LogP) is 4.39. The predicted molar refractivity (Wildman–Crippen MR) is 123 cm³/mol. The van der Waals surface area contributed by atoms with Crippen LogP contribution in [0.25, 0.3) is 0 Å². The molecular weight excluding hydrogens is 448 g/mol. The van der Waals surface area contributed by atoms with Gasteiger partial charge in [0.1, 0.15) is 0 Å². The van der Waals surface area contributed by atoms with Crippen molar-refractivity contribution in [2.45, 2.75) is 26.9 Å². The van der Waals surface area contributed by atoms with E-state index in [4.69, 9.17) is 0 Å². The molecule has 0 bridgehead atoms. The molecule has 1 aliphatic heterocycles. The molecule has 170 valence electrons. The average Bonchev–Trinajstić information content (AvgIpc) is 2.97. The first kappa shape index (κ1) is 22.2. The third kappa shape index (κ3) is 3.76. The highest BCUT2D eigenvalue weighted by Gasteiger charge is 2.40. The summed E-state index contributed by atoms with van der Waals surface area (Å²) in [7, 11) is -4.06. The molecule has 10 nitrogen and oxygen atoms in total. The Bertz CT molecular complexity index is 1290. The zero-order valence-corrected chi connectivity index (χ0v) is 18.7. The van der Waals surface area contributed by atoms with Gasteiger partial charge in [-0.3, -0.25) is 20.2 Å². The second-order valence-corrected chi connectivity index (χ2v) is 9.42. The van der Waals surface area contributed by atoms with Gasteiger partial charge in [0.05, 0.1) is 34.3 Å². The number of hydrogen-bond acceptors (Lipinski definition) is 6. The standard InChI is InChI=1S/C22H20N4O6S/c1-15-17(7-5-11-19(15)25(27)28)13-23-21-9-3-4-10-22(21)24(33(23,31)32)14-18-8-6-12-20(16(18)2)26(29)30/h3-12H,13-14H2,1-2H3. The van der Waals surface area contributed by atoms with Crippen LogP contribution in [0.4, 0.5) is 22.7 Å². The van der Waals surface area contributed by atoms with Gasteiger partial charge in [-0.05, 0) is 37.1 Å². The number of hydrogen-bond donors (Lipinski definition) is 0. The molecule has 0 N–H and O–H groups in total. The lowest BCUT2D eigenvalue weighted by atomic mass is 10.1. The van der Waals surface area contributed by atoms with Crippen molar-refractivity contribution in [1.29, 1.82) is 0 Å². The lowest BCUT2D eigenvalue weighted by Gasteiger charge is -2.23. The molecule has 11 heteroatoms. The molecule has 0 fully saturated rings. The first-order chi connectivity index (χ1) is 15.6. The molecule has 0 radical (unpaired) electrons. The van der Waals surface area contributed by atoms with Crippen LogP contribution in [0.5, 0.6) is 0 Å². The Labute approximate surface area is 190 Å². The van der Waals surface area contributed by atoms with Gasteiger partial charge < -0.3 is 0 Å². The fourth-order valence-corrected chi connectivity index (χ4v) is 5.62. The van der Waals surface area contributed by atoms with Crippen LogP contribution in [-0.2, 0) is 23.3 Å². The topological polar surface area (TPSA) is 127 Å². The van der Waals surface area contributed by atoms with Gasteiger partial charge in [0.15, 0.2) is 0 Å². The number of nitrogens with zero attached hydrogens (tertiary/aromatic N) is 4. The molecule has 1 aliphatic rings. The Morgan fingerprint density at radius 2 is 1.09 bits per heavy atom. The molecule has 0 aliphatic carbocycles. The third-order valence-corrected chi connectivity index (χ3v) is 7.60. The van der Waals surface area contributed by atoms with Gasteiger partial charge in [-0.15, -0.1) is 0 Å². The maximum absolute atomic E-state index is 13.6. The Hall–Kier alpha value is -3.99. The van der Waals surface area contributed by atoms with Crippen molar-refractivity contribution < 1.29 is 18.3 Å². The molecule has 3 aromatic carbocycles. The first-order valence-corrected chi connectivity index (χ1v) is 11.4. The van der Waals surface area contributed by atoms with Crippen LogP contribution in [0.15, 0.2) is 60.7 Å². The molecule has 0 aromatic heterocycles. The highest BCUT2D eigenvalue weighted by molar-refractivity contribution is 7.94. The molecule has 4 rings (SSSR count). The Kier molecular flexibility index (Phi) is 5.50. The minimum Gasteiger partial charge on any atom is -0.258 e. The zero-order chi connectivity index (χ0) is 23.9. The van der Waals surface area contributed by atoms with E-state index in [0.29, 0.717) is 33.6 Å². The highest BCUT2D eigenvalue weighted by atomic mass is 32.2. The van der Waals surface area contributed by atoms with E-state index < -0.39 is 20.1 Å². The summed E-state index contributed by atoms with van der Waals surface area (Å²) in [5.41, 5.74) is 2.51. The fourth-order valence-electron chi connectivity index (χ4n) is 3.97. The minimum atomic E-state index is -4.06. The van der Waals surface area contributed by atoms with Crippen LogP contribution in [0.1, 0.15) is 22.3 Å². The van der Waals surface area contributed by atoms with E-state index in [0.717, 1.165) is 0 Å². The maximum atomic E-state index is 13.6. The average molecular weight is 468 g/mol. The van der Waals surface area contributed by atoms with Gasteiger partial charge in [0, 0.05) is 23.3 Å². The summed E-state index contributed by atoms with van der Waals surface area (Å²) in [6.45, 7) is 3.01. The monoisotopic (exact) mass is 468 g/mol. The van der Waals surface area contributed by atoms with Crippen molar-refractivity contribution in [2.24, 2.45) is 0 Å². The Morgan fingerprint density at radius 3 is 1.45 bits per heavy atom. The highest BCUT2D eigenvalue weighted by Crippen LogP contribution is 2.43. The molecule has 0 atom stereocenters. The van der Waals surface area contributed by atoms with E-state index in [2.05, 4.69) is 0 Å². The summed E-state index contributed by atoms with van der Waals surface area (Å²) in [4.78, 5) is 21.6. The van der Waals surface area contributed by atoms with Crippen LogP contribution in [0.2, 0.25) is 0 Å². The summed E-state index contributed by atoms with van der Waals surface area (Å²) in [5, 5.41) is 22.6. The van der Waals surface area contributed by atoms with Gasteiger partial charge in [-0.25, -0.2) is 8.61 Å².